The molecule has 0 saturated heterocycles. The highest BCUT2D eigenvalue weighted by molar-refractivity contribution is 5.57. The van der Waals surface area contributed by atoms with Crippen LogP contribution in [0.4, 0.5) is 0 Å². The van der Waals surface area contributed by atoms with Crippen molar-refractivity contribution in [3.05, 3.63) is 135 Å². The Bertz CT molecular complexity index is 1990. The van der Waals surface area contributed by atoms with Crippen LogP contribution in [0.1, 0.15) is 162 Å². The smallest absolute Gasteiger partial charge is 0.125 e. The second-order valence-corrected chi connectivity index (χ2v) is 15.8. The fourth-order valence-electron chi connectivity index (χ4n) is 7.98. The van der Waals surface area contributed by atoms with E-state index in [1.807, 2.05) is 59.8 Å². The topological polar surface area (TPSA) is 80.9 Å². The van der Waals surface area contributed by atoms with Gasteiger partial charge in [0.25, 0.3) is 0 Å². The van der Waals surface area contributed by atoms with E-state index in [2.05, 4.69) is 114 Å². The normalized spacial score (nSPS) is 12.2. The molecule has 56 heavy (non-hydrogen) atoms. The molecule has 4 nitrogen and oxygen atoms in total. The highest BCUT2D eigenvalue weighted by Gasteiger charge is 2.33. The lowest BCUT2D eigenvalue weighted by Gasteiger charge is -2.34. The summed E-state index contributed by atoms with van der Waals surface area (Å²) < 4.78 is 0. The molecular weight excluding hydrogens is 689 g/mol. The molecule has 4 N–H and O–H groups in total. The molecule has 0 spiro atoms. The molecule has 0 fully saturated rings. The SMILES string of the molecule is CCC(O)(/C=C/c1ccc(C(CC)(CC)c2ccc(O)c(C)c2)cc1C)CC.CCC(O)(C#Cc1ccc(C(CC)(CC)c2ccc(O)c(C)c2)cc1C)CC. The molecule has 302 valence electrons. The van der Waals surface area contributed by atoms with Crippen molar-refractivity contribution >= 4 is 6.08 Å². The van der Waals surface area contributed by atoms with Gasteiger partial charge >= 0.3 is 0 Å². The Morgan fingerprint density at radius 1 is 0.482 bits per heavy atom. The first kappa shape index (κ1) is 46.1. The molecule has 0 heterocycles. The number of hydrogen-bond acceptors (Lipinski definition) is 4. The van der Waals surface area contributed by atoms with E-state index >= 15 is 0 Å². The molecule has 4 aromatic carbocycles. The van der Waals surface area contributed by atoms with Crippen LogP contribution < -0.4 is 0 Å². The summed E-state index contributed by atoms with van der Waals surface area (Å²) in [5, 5.41) is 40.9. The number of rotatable bonds is 14. The highest BCUT2D eigenvalue weighted by atomic mass is 16.3. The molecule has 0 unspecified atom stereocenters. The van der Waals surface area contributed by atoms with Gasteiger partial charge in [-0.3, -0.25) is 0 Å². The molecule has 0 bridgehead atoms. The number of aliphatic hydroxyl groups is 2. The van der Waals surface area contributed by atoms with Gasteiger partial charge in [-0.05, 0) is 147 Å². The Hall–Kier alpha value is -4.30. The monoisotopic (exact) mass is 759 g/mol. The lowest BCUT2D eigenvalue weighted by Crippen LogP contribution is -2.26. The molecule has 0 aromatic heterocycles. The van der Waals surface area contributed by atoms with Crippen LogP contribution in [0.15, 0.2) is 78.9 Å². The summed E-state index contributed by atoms with van der Waals surface area (Å²) in [5.74, 6) is 6.94. The van der Waals surface area contributed by atoms with Crippen LogP contribution >= 0.6 is 0 Å². The third-order valence-electron chi connectivity index (χ3n) is 12.9. The zero-order valence-corrected chi connectivity index (χ0v) is 36.5. The van der Waals surface area contributed by atoms with E-state index in [0.29, 0.717) is 37.2 Å². The van der Waals surface area contributed by atoms with Gasteiger partial charge in [0.05, 0.1) is 5.60 Å². The van der Waals surface area contributed by atoms with Crippen molar-refractivity contribution in [2.75, 3.05) is 0 Å². The minimum Gasteiger partial charge on any atom is -0.508 e. The third kappa shape index (κ3) is 10.2. The average Bonchev–Trinajstić information content (AvgIpc) is 3.21. The minimum atomic E-state index is -0.911. The van der Waals surface area contributed by atoms with Crippen molar-refractivity contribution in [2.45, 2.75) is 156 Å². The summed E-state index contributed by atoms with van der Waals surface area (Å²) in [6.07, 6.45) is 10.6. The molecule has 0 aliphatic carbocycles. The van der Waals surface area contributed by atoms with Crippen LogP contribution in [-0.4, -0.2) is 31.6 Å². The number of aryl methyl sites for hydroxylation is 4. The van der Waals surface area contributed by atoms with Gasteiger partial charge in [-0.1, -0.05) is 134 Å². The number of benzene rings is 4. The molecule has 0 aliphatic rings. The van der Waals surface area contributed by atoms with Gasteiger partial charge in [0.2, 0.25) is 0 Å². The maximum atomic E-state index is 10.5. The molecule has 4 rings (SSSR count). The number of aromatic hydroxyl groups is 2. The van der Waals surface area contributed by atoms with Gasteiger partial charge in [-0.25, -0.2) is 0 Å². The summed E-state index contributed by atoms with van der Waals surface area (Å²) in [5.41, 5.74) is 9.52. The molecule has 0 aliphatic heterocycles. The van der Waals surface area contributed by atoms with E-state index in [9.17, 15) is 20.4 Å². The molecule has 0 radical (unpaired) electrons. The Balaban J connectivity index is 0.000000300. The molecule has 0 atom stereocenters. The molecular formula is C52H70O4. The number of hydrogen-bond donors (Lipinski definition) is 4. The van der Waals surface area contributed by atoms with Crippen molar-refractivity contribution < 1.29 is 20.4 Å². The van der Waals surface area contributed by atoms with Crippen molar-refractivity contribution in [1.82, 2.24) is 0 Å². The zero-order chi connectivity index (χ0) is 41.9. The summed E-state index contributed by atoms with van der Waals surface area (Å²) in [6.45, 7) is 25.0. The van der Waals surface area contributed by atoms with E-state index in [-0.39, 0.29) is 10.8 Å². The van der Waals surface area contributed by atoms with Gasteiger partial charge < -0.3 is 20.4 Å². The zero-order valence-electron chi connectivity index (χ0n) is 36.5. The predicted molar refractivity (Wildman–Crippen MR) is 238 cm³/mol. The highest BCUT2D eigenvalue weighted by Crippen LogP contribution is 2.42. The van der Waals surface area contributed by atoms with E-state index in [1.54, 1.807) is 6.07 Å². The number of phenols is 2. The molecule has 4 aromatic rings. The van der Waals surface area contributed by atoms with Crippen LogP contribution in [0.3, 0.4) is 0 Å². The van der Waals surface area contributed by atoms with Crippen LogP contribution in [0, 0.1) is 39.5 Å². The summed E-state index contributed by atoms with van der Waals surface area (Å²) in [7, 11) is 0. The van der Waals surface area contributed by atoms with Gasteiger partial charge in [-0.15, -0.1) is 0 Å². The second-order valence-electron chi connectivity index (χ2n) is 15.8. The average molecular weight is 759 g/mol. The maximum absolute atomic E-state index is 10.5. The van der Waals surface area contributed by atoms with Crippen molar-refractivity contribution in [2.24, 2.45) is 0 Å². The summed E-state index contributed by atoms with van der Waals surface area (Å²) >= 11 is 0. The second kappa shape index (κ2) is 19.7. The van der Waals surface area contributed by atoms with Crippen molar-refractivity contribution in [1.29, 1.82) is 0 Å². The van der Waals surface area contributed by atoms with Gasteiger partial charge in [-0.2, -0.15) is 0 Å². The van der Waals surface area contributed by atoms with E-state index in [4.69, 9.17) is 0 Å². The first-order valence-electron chi connectivity index (χ1n) is 21.0. The van der Waals surface area contributed by atoms with E-state index in [1.165, 1.54) is 27.8 Å². The molecule has 0 amide bonds. The van der Waals surface area contributed by atoms with Gasteiger partial charge in [0.1, 0.15) is 17.1 Å². The maximum Gasteiger partial charge on any atom is 0.125 e. The minimum absolute atomic E-state index is 0.0704. The fourth-order valence-corrected chi connectivity index (χ4v) is 7.98. The first-order chi connectivity index (χ1) is 26.5. The Morgan fingerprint density at radius 2 is 0.875 bits per heavy atom. The Labute approximate surface area is 339 Å². The quantitative estimate of drug-likeness (QED) is 0.0966. The summed E-state index contributed by atoms with van der Waals surface area (Å²) in [4.78, 5) is 0. The van der Waals surface area contributed by atoms with Crippen LogP contribution in [0.2, 0.25) is 0 Å². The van der Waals surface area contributed by atoms with Gasteiger partial charge in [0, 0.05) is 16.4 Å². The third-order valence-corrected chi connectivity index (χ3v) is 12.9. The van der Waals surface area contributed by atoms with Crippen molar-refractivity contribution in [3.8, 4) is 23.3 Å². The molecule has 4 heteroatoms. The lowest BCUT2D eigenvalue weighted by atomic mass is 9.70. The summed E-state index contributed by atoms with van der Waals surface area (Å²) in [6, 6.07) is 25.1. The largest absolute Gasteiger partial charge is 0.508 e. The van der Waals surface area contributed by atoms with Gasteiger partial charge in [0.15, 0.2) is 0 Å². The fraction of sp³-hybridized carbons (Fsp3) is 0.462. The number of phenolic OH excluding ortho intramolecular Hbond substituents is 2. The standard InChI is InChI=1S/C26H36O2.C26H34O2/c2*1-7-25(28,8-2)16-15-21-11-12-22(17-19(21)5)26(9-3,10-4)23-13-14-24(27)20(6)18-23/h11-18,27-28H,7-10H2,1-6H3;11-14,17-18,27-28H,7-10H2,1-6H3/b16-15+;. The first-order valence-corrected chi connectivity index (χ1v) is 21.0. The van der Waals surface area contributed by atoms with E-state index in [0.717, 1.165) is 53.5 Å². The van der Waals surface area contributed by atoms with Crippen LogP contribution in [0.5, 0.6) is 11.5 Å². The van der Waals surface area contributed by atoms with Crippen LogP contribution in [-0.2, 0) is 10.8 Å². The Kier molecular flexibility index (Phi) is 16.2. The Morgan fingerprint density at radius 3 is 1.23 bits per heavy atom. The molecule has 0 saturated carbocycles. The van der Waals surface area contributed by atoms with Crippen LogP contribution in [0.25, 0.3) is 6.08 Å². The van der Waals surface area contributed by atoms with E-state index < -0.39 is 11.2 Å². The predicted octanol–water partition coefficient (Wildman–Crippen LogP) is 12.7. The van der Waals surface area contributed by atoms with Crippen molar-refractivity contribution in [3.63, 3.8) is 0 Å². The lowest BCUT2D eigenvalue weighted by molar-refractivity contribution is 0.0836.